The molecule has 3 nitrogen and oxygen atoms in total. The molecule has 1 saturated heterocycles. The minimum absolute atomic E-state index is 0.546. The Morgan fingerprint density at radius 3 is 2.85 bits per heavy atom. The van der Waals surface area contributed by atoms with E-state index in [1.807, 2.05) is 6.07 Å². The summed E-state index contributed by atoms with van der Waals surface area (Å²) in [6, 6.07) is 9.60. The van der Waals surface area contributed by atoms with Gasteiger partial charge in [-0.3, -0.25) is 0 Å². The van der Waals surface area contributed by atoms with Crippen molar-refractivity contribution in [3.05, 3.63) is 24.3 Å². The van der Waals surface area contributed by atoms with Gasteiger partial charge in [0.2, 0.25) is 0 Å². The van der Waals surface area contributed by atoms with E-state index in [0.29, 0.717) is 18.0 Å². The lowest BCUT2D eigenvalue weighted by Crippen LogP contribution is -2.53. The summed E-state index contributed by atoms with van der Waals surface area (Å²) in [5.74, 6) is 1.59. The third-order valence-electron chi connectivity index (χ3n) is 4.61. The predicted molar refractivity (Wildman–Crippen MR) is 85.7 cm³/mol. The Balaban J connectivity index is 2.07. The average Bonchev–Trinajstić information content (AvgIpc) is 2.49. The molecule has 3 heteroatoms. The topological polar surface area (TPSA) is 24.5 Å². The summed E-state index contributed by atoms with van der Waals surface area (Å²) in [6.07, 6.45) is 2.42. The van der Waals surface area contributed by atoms with Crippen molar-refractivity contribution in [2.75, 3.05) is 25.1 Å². The fourth-order valence-electron chi connectivity index (χ4n) is 3.14. The van der Waals surface area contributed by atoms with Crippen molar-refractivity contribution in [2.24, 2.45) is 5.92 Å². The molecular formula is C17H28N2O. The molecular weight excluding hydrogens is 248 g/mol. The summed E-state index contributed by atoms with van der Waals surface area (Å²) < 4.78 is 5.34. The highest BCUT2D eigenvalue weighted by atomic mass is 16.5. The largest absolute Gasteiger partial charge is 0.497 e. The second kappa shape index (κ2) is 6.98. The van der Waals surface area contributed by atoms with Crippen molar-refractivity contribution < 1.29 is 4.74 Å². The smallest absolute Gasteiger partial charge is 0.120 e. The Kier molecular flexibility index (Phi) is 5.30. The van der Waals surface area contributed by atoms with Crippen LogP contribution in [0.25, 0.3) is 0 Å². The summed E-state index contributed by atoms with van der Waals surface area (Å²) >= 11 is 0. The zero-order chi connectivity index (χ0) is 14.5. The molecule has 1 aliphatic rings. The molecule has 0 aromatic heterocycles. The highest BCUT2D eigenvalue weighted by molar-refractivity contribution is 5.52. The van der Waals surface area contributed by atoms with Gasteiger partial charge in [0.05, 0.1) is 7.11 Å². The van der Waals surface area contributed by atoms with Crippen molar-refractivity contribution in [3.63, 3.8) is 0 Å². The second-order valence-electron chi connectivity index (χ2n) is 5.84. The number of nitrogens with zero attached hydrogens (tertiary/aromatic N) is 1. The highest BCUT2D eigenvalue weighted by Crippen LogP contribution is 2.30. The van der Waals surface area contributed by atoms with Gasteiger partial charge in [-0.25, -0.2) is 0 Å². The lowest BCUT2D eigenvalue weighted by Gasteiger charge is -2.44. The van der Waals surface area contributed by atoms with Gasteiger partial charge in [-0.15, -0.1) is 0 Å². The third kappa shape index (κ3) is 3.26. The molecule has 0 amide bonds. The Morgan fingerprint density at radius 1 is 1.35 bits per heavy atom. The predicted octanol–water partition coefficient (Wildman–Crippen LogP) is 3.30. The van der Waals surface area contributed by atoms with Gasteiger partial charge in [0.15, 0.2) is 0 Å². The van der Waals surface area contributed by atoms with Crippen LogP contribution in [0.4, 0.5) is 5.69 Å². The molecule has 1 aliphatic heterocycles. The first-order valence-electron chi connectivity index (χ1n) is 7.81. The van der Waals surface area contributed by atoms with E-state index in [4.69, 9.17) is 4.74 Å². The third-order valence-corrected chi connectivity index (χ3v) is 4.61. The number of nitrogens with one attached hydrogen (secondary N) is 1. The molecule has 1 N–H and O–H groups in total. The maximum absolute atomic E-state index is 5.34. The van der Waals surface area contributed by atoms with E-state index in [-0.39, 0.29) is 0 Å². The number of benzene rings is 1. The molecule has 1 heterocycles. The molecule has 0 aliphatic carbocycles. The maximum atomic E-state index is 5.34. The molecule has 3 atom stereocenters. The lowest BCUT2D eigenvalue weighted by molar-refractivity contribution is 0.271. The SMILES string of the molecule is CCCNC1CCN(c2cccc(OC)c2)C(C)C1C. The first-order valence-corrected chi connectivity index (χ1v) is 7.81. The van der Waals surface area contributed by atoms with Crippen LogP contribution >= 0.6 is 0 Å². The minimum atomic E-state index is 0.546. The van der Waals surface area contributed by atoms with Crippen molar-refractivity contribution >= 4 is 5.69 Å². The summed E-state index contributed by atoms with van der Waals surface area (Å²) in [4.78, 5) is 2.51. The molecule has 112 valence electrons. The van der Waals surface area contributed by atoms with Crippen molar-refractivity contribution in [1.29, 1.82) is 0 Å². The van der Waals surface area contributed by atoms with Gasteiger partial charge < -0.3 is 15.0 Å². The Labute approximate surface area is 123 Å². The van der Waals surface area contributed by atoms with Gasteiger partial charge in [0, 0.05) is 30.4 Å². The molecule has 3 unspecified atom stereocenters. The summed E-state index contributed by atoms with van der Waals surface area (Å²) in [5, 5.41) is 3.69. The maximum Gasteiger partial charge on any atom is 0.120 e. The van der Waals surface area contributed by atoms with Crippen LogP contribution in [0, 0.1) is 5.92 Å². The van der Waals surface area contributed by atoms with E-state index in [1.165, 1.54) is 18.5 Å². The standard InChI is InChI=1S/C17H28N2O/c1-5-10-18-17-9-11-19(14(3)13(17)2)15-7-6-8-16(12-15)20-4/h6-8,12-14,17-18H,5,9-11H2,1-4H3. The molecule has 1 aromatic rings. The molecule has 0 bridgehead atoms. The Bertz CT molecular complexity index is 421. The van der Waals surface area contributed by atoms with Crippen LogP contribution < -0.4 is 15.0 Å². The first-order chi connectivity index (χ1) is 9.67. The van der Waals surface area contributed by atoms with Crippen LogP contribution in [0.15, 0.2) is 24.3 Å². The Hall–Kier alpha value is -1.22. The molecule has 20 heavy (non-hydrogen) atoms. The summed E-state index contributed by atoms with van der Waals surface area (Å²) in [6.45, 7) is 9.17. The zero-order valence-corrected chi connectivity index (χ0v) is 13.2. The van der Waals surface area contributed by atoms with Gasteiger partial charge in [0.1, 0.15) is 5.75 Å². The van der Waals surface area contributed by atoms with E-state index in [0.717, 1.165) is 18.8 Å². The van der Waals surface area contributed by atoms with Gasteiger partial charge in [-0.05, 0) is 44.4 Å². The van der Waals surface area contributed by atoms with Gasteiger partial charge in [-0.2, -0.15) is 0 Å². The van der Waals surface area contributed by atoms with Gasteiger partial charge in [-0.1, -0.05) is 19.9 Å². The Morgan fingerprint density at radius 2 is 2.15 bits per heavy atom. The summed E-state index contributed by atoms with van der Waals surface area (Å²) in [7, 11) is 1.73. The normalized spacial score (nSPS) is 26.6. The monoisotopic (exact) mass is 276 g/mol. The second-order valence-corrected chi connectivity index (χ2v) is 5.84. The minimum Gasteiger partial charge on any atom is -0.497 e. The number of hydrogen-bond acceptors (Lipinski definition) is 3. The number of methoxy groups -OCH3 is 1. The number of anilines is 1. The number of piperidine rings is 1. The van der Waals surface area contributed by atoms with E-state index in [1.54, 1.807) is 7.11 Å². The van der Waals surface area contributed by atoms with E-state index >= 15 is 0 Å². The van der Waals surface area contributed by atoms with Crippen LogP contribution in [0.5, 0.6) is 5.75 Å². The van der Waals surface area contributed by atoms with Crippen LogP contribution in [0.1, 0.15) is 33.6 Å². The number of ether oxygens (including phenoxy) is 1. The van der Waals surface area contributed by atoms with Crippen molar-refractivity contribution in [3.8, 4) is 5.75 Å². The molecule has 0 radical (unpaired) electrons. The zero-order valence-electron chi connectivity index (χ0n) is 13.2. The fraction of sp³-hybridized carbons (Fsp3) is 0.647. The van der Waals surface area contributed by atoms with Crippen LogP contribution in [0.2, 0.25) is 0 Å². The van der Waals surface area contributed by atoms with Crippen LogP contribution in [-0.4, -0.2) is 32.3 Å². The highest BCUT2D eigenvalue weighted by Gasteiger charge is 2.32. The van der Waals surface area contributed by atoms with Crippen molar-refractivity contribution in [1.82, 2.24) is 5.32 Å². The first kappa shape index (κ1) is 15.2. The van der Waals surface area contributed by atoms with E-state index in [9.17, 15) is 0 Å². The molecule has 2 rings (SSSR count). The van der Waals surface area contributed by atoms with Crippen LogP contribution in [-0.2, 0) is 0 Å². The number of rotatable bonds is 5. The lowest BCUT2D eigenvalue weighted by atomic mass is 9.86. The molecule has 1 aromatic carbocycles. The van der Waals surface area contributed by atoms with E-state index in [2.05, 4.69) is 49.2 Å². The van der Waals surface area contributed by atoms with Crippen LogP contribution in [0.3, 0.4) is 0 Å². The van der Waals surface area contributed by atoms with Gasteiger partial charge in [0.25, 0.3) is 0 Å². The van der Waals surface area contributed by atoms with E-state index < -0.39 is 0 Å². The van der Waals surface area contributed by atoms with Crippen molar-refractivity contribution in [2.45, 2.75) is 45.7 Å². The average molecular weight is 276 g/mol. The fourth-order valence-corrected chi connectivity index (χ4v) is 3.14. The quantitative estimate of drug-likeness (QED) is 0.893. The number of hydrogen-bond donors (Lipinski definition) is 1. The molecule has 1 fully saturated rings. The van der Waals surface area contributed by atoms with Gasteiger partial charge >= 0.3 is 0 Å². The molecule has 0 saturated carbocycles. The molecule has 0 spiro atoms. The summed E-state index contributed by atoms with van der Waals surface area (Å²) in [5.41, 5.74) is 1.28.